The van der Waals surface area contributed by atoms with Gasteiger partial charge in [-0.25, -0.2) is 4.79 Å². The fourth-order valence-electron chi connectivity index (χ4n) is 4.56. The predicted molar refractivity (Wildman–Crippen MR) is 143 cm³/mol. The lowest BCUT2D eigenvalue weighted by Gasteiger charge is -2.43. The van der Waals surface area contributed by atoms with Crippen molar-refractivity contribution in [1.29, 1.82) is 0 Å². The summed E-state index contributed by atoms with van der Waals surface area (Å²) in [5.74, 6) is -1.66. The van der Waals surface area contributed by atoms with Gasteiger partial charge >= 0.3 is 6.09 Å². The van der Waals surface area contributed by atoms with Crippen LogP contribution in [0.5, 0.6) is 0 Å². The van der Waals surface area contributed by atoms with E-state index in [0.29, 0.717) is 5.56 Å². The maximum atomic E-state index is 14.1. The SMILES string of the molecule is Cc1ccc(C(C(=O)NC2CCCCC2)N(C(=O)C(CC(N)=O)NC(=O)OC(C)(C)C)C(C)(C)C)cc1. The number of carbonyl (C=O) groups is 4. The molecule has 9 heteroatoms. The fraction of sp³-hybridized carbons (Fsp3) is 0.643. The molecule has 1 saturated carbocycles. The van der Waals surface area contributed by atoms with Crippen molar-refractivity contribution in [3.63, 3.8) is 0 Å². The molecule has 37 heavy (non-hydrogen) atoms. The summed E-state index contributed by atoms with van der Waals surface area (Å²) in [5.41, 5.74) is 5.45. The number of hydrogen-bond donors (Lipinski definition) is 3. The quantitative estimate of drug-likeness (QED) is 0.483. The number of nitrogens with one attached hydrogen (secondary N) is 2. The zero-order valence-electron chi connectivity index (χ0n) is 23.3. The first kappa shape index (κ1) is 30.1. The number of amides is 4. The number of rotatable bonds is 8. The van der Waals surface area contributed by atoms with Gasteiger partial charge in [0, 0.05) is 11.6 Å². The Labute approximate surface area is 220 Å². The Bertz CT molecular complexity index is 956. The Hall–Kier alpha value is -3.10. The molecule has 1 aromatic rings. The molecule has 2 rings (SSSR count). The number of ether oxygens (including phenoxy) is 1. The molecule has 2 atom stereocenters. The van der Waals surface area contributed by atoms with Crippen LogP contribution < -0.4 is 16.4 Å². The van der Waals surface area contributed by atoms with Crippen LogP contribution in [-0.4, -0.2) is 51.9 Å². The monoisotopic (exact) mass is 516 g/mol. The Balaban J connectivity index is 2.50. The molecule has 1 aliphatic rings. The van der Waals surface area contributed by atoms with E-state index in [4.69, 9.17) is 10.5 Å². The van der Waals surface area contributed by atoms with Crippen LogP contribution in [0.1, 0.15) is 97.2 Å². The average Bonchev–Trinajstić information content (AvgIpc) is 2.75. The third kappa shape index (κ3) is 9.37. The third-order valence-electron chi connectivity index (χ3n) is 6.21. The van der Waals surface area contributed by atoms with Crippen molar-refractivity contribution in [2.45, 2.75) is 116 Å². The van der Waals surface area contributed by atoms with Crippen LogP contribution in [0.3, 0.4) is 0 Å². The topological polar surface area (TPSA) is 131 Å². The zero-order chi connectivity index (χ0) is 28.0. The highest BCUT2D eigenvalue weighted by Gasteiger charge is 2.42. The molecule has 0 aromatic heterocycles. The molecular formula is C28H44N4O5. The van der Waals surface area contributed by atoms with Gasteiger partial charge in [-0.05, 0) is 66.9 Å². The van der Waals surface area contributed by atoms with E-state index in [0.717, 1.165) is 37.7 Å². The molecule has 1 aliphatic carbocycles. The Morgan fingerprint density at radius 3 is 2.05 bits per heavy atom. The summed E-state index contributed by atoms with van der Waals surface area (Å²) < 4.78 is 5.32. The number of aryl methyl sites for hydroxylation is 1. The molecule has 0 saturated heterocycles. The Kier molecular flexibility index (Phi) is 10.1. The largest absolute Gasteiger partial charge is 0.444 e. The summed E-state index contributed by atoms with van der Waals surface area (Å²) >= 11 is 0. The molecule has 0 bridgehead atoms. The van der Waals surface area contributed by atoms with E-state index >= 15 is 0 Å². The van der Waals surface area contributed by atoms with Crippen molar-refractivity contribution in [2.24, 2.45) is 5.73 Å². The number of nitrogens with two attached hydrogens (primary N) is 1. The summed E-state index contributed by atoms with van der Waals surface area (Å²) in [5, 5.41) is 5.66. The normalized spacial score (nSPS) is 16.3. The van der Waals surface area contributed by atoms with E-state index in [1.54, 1.807) is 20.8 Å². The first-order valence-corrected chi connectivity index (χ1v) is 13.1. The molecule has 1 fully saturated rings. The molecule has 9 nitrogen and oxygen atoms in total. The fourth-order valence-corrected chi connectivity index (χ4v) is 4.56. The van der Waals surface area contributed by atoms with Gasteiger partial charge in [-0.2, -0.15) is 0 Å². The second-order valence-corrected chi connectivity index (χ2v) is 11.9. The van der Waals surface area contributed by atoms with E-state index in [9.17, 15) is 19.2 Å². The van der Waals surface area contributed by atoms with E-state index < -0.39 is 47.6 Å². The van der Waals surface area contributed by atoms with Crippen LogP contribution in [-0.2, 0) is 19.1 Å². The molecule has 1 aromatic carbocycles. The van der Waals surface area contributed by atoms with Crippen LogP contribution in [0.15, 0.2) is 24.3 Å². The summed E-state index contributed by atoms with van der Waals surface area (Å²) in [6.45, 7) is 12.5. The maximum Gasteiger partial charge on any atom is 0.408 e. The summed E-state index contributed by atoms with van der Waals surface area (Å²) in [6, 6.07) is 5.19. The predicted octanol–water partition coefficient (Wildman–Crippen LogP) is 3.88. The Morgan fingerprint density at radius 1 is 1.00 bits per heavy atom. The third-order valence-corrected chi connectivity index (χ3v) is 6.21. The molecule has 206 valence electrons. The zero-order valence-corrected chi connectivity index (χ0v) is 23.3. The average molecular weight is 517 g/mol. The van der Waals surface area contributed by atoms with E-state index in [1.807, 2.05) is 52.0 Å². The number of hydrogen-bond acceptors (Lipinski definition) is 5. The van der Waals surface area contributed by atoms with Crippen LogP contribution in [0, 0.1) is 6.92 Å². The van der Waals surface area contributed by atoms with Crippen LogP contribution >= 0.6 is 0 Å². The van der Waals surface area contributed by atoms with E-state index in [1.165, 1.54) is 4.90 Å². The molecule has 2 unspecified atom stereocenters. The van der Waals surface area contributed by atoms with Gasteiger partial charge in [0.2, 0.25) is 17.7 Å². The highest BCUT2D eigenvalue weighted by Crippen LogP contribution is 2.31. The van der Waals surface area contributed by atoms with Gasteiger partial charge in [0.15, 0.2) is 0 Å². The molecule has 0 heterocycles. The number of benzene rings is 1. The lowest BCUT2D eigenvalue weighted by Crippen LogP contribution is -2.59. The van der Waals surface area contributed by atoms with Crippen molar-refractivity contribution >= 4 is 23.8 Å². The minimum absolute atomic E-state index is 0.0347. The maximum absolute atomic E-state index is 14.1. The van der Waals surface area contributed by atoms with Gasteiger partial charge in [0.25, 0.3) is 0 Å². The second-order valence-electron chi connectivity index (χ2n) is 11.9. The summed E-state index contributed by atoms with van der Waals surface area (Å²) in [7, 11) is 0. The minimum Gasteiger partial charge on any atom is -0.444 e. The van der Waals surface area contributed by atoms with Gasteiger partial charge in [-0.3, -0.25) is 14.4 Å². The van der Waals surface area contributed by atoms with Gasteiger partial charge in [-0.15, -0.1) is 0 Å². The number of alkyl carbamates (subject to hydrolysis) is 1. The van der Waals surface area contributed by atoms with Crippen LogP contribution in [0.25, 0.3) is 0 Å². The van der Waals surface area contributed by atoms with Crippen molar-refractivity contribution in [3.8, 4) is 0 Å². The van der Waals surface area contributed by atoms with Crippen molar-refractivity contribution in [3.05, 3.63) is 35.4 Å². The molecule has 0 aliphatic heterocycles. The molecular weight excluding hydrogens is 472 g/mol. The minimum atomic E-state index is -1.30. The van der Waals surface area contributed by atoms with Gasteiger partial charge in [-0.1, -0.05) is 49.1 Å². The van der Waals surface area contributed by atoms with E-state index in [2.05, 4.69) is 10.6 Å². The van der Waals surface area contributed by atoms with Crippen molar-refractivity contribution < 1.29 is 23.9 Å². The number of primary amides is 1. The van der Waals surface area contributed by atoms with Crippen molar-refractivity contribution in [1.82, 2.24) is 15.5 Å². The first-order chi connectivity index (χ1) is 17.1. The lowest BCUT2D eigenvalue weighted by atomic mass is 9.92. The van der Waals surface area contributed by atoms with Gasteiger partial charge in [0.05, 0.1) is 6.42 Å². The molecule has 0 spiro atoms. The number of nitrogens with zero attached hydrogens (tertiary/aromatic N) is 1. The van der Waals surface area contributed by atoms with Gasteiger partial charge in [0.1, 0.15) is 17.7 Å². The standard InChI is InChI=1S/C28H44N4O5/c1-18-13-15-19(16-14-18)23(24(34)30-20-11-9-8-10-12-20)32(27(2,3)4)25(35)21(17-22(29)33)31-26(36)37-28(5,6)7/h13-16,20-21,23H,8-12,17H2,1-7H3,(H2,29,33)(H,30,34)(H,31,36). The second kappa shape index (κ2) is 12.4. The summed E-state index contributed by atoms with van der Waals surface area (Å²) in [6.07, 6.45) is 3.73. The molecule has 0 radical (unpaired) electrons. The Morgan fingerprint density at radius 2 is 1.57 bits per heavy atom. The van der Waals surface area contributed by atoms with Crippen molar-refractivity contribution in [2.75, 3.05) is 0 Å². The van der Waals surface area contributed by atoms with Gasteiger partial charge < -0.3 is 26.0 Å². The van der Waals surface area contributed by atoms with Crippen LogP contribution in [0.4, 0.5) is 4.79 Å². The summed E-state index contributed by atoms with van der Waals surface area (Å²) in [4.78, 5) is 53.8. The highest BCUT2D eigenvalue weighted by molar-refractivity contribution is 5.95. The molecule has 4 N–H and O–H groups in total. The first-order valence-electron chi connectivity index (χ1n) is 13.1. The number of carbonyl (C=O) groups excluding carboxylic acids is 4. The molecule has 4 amide bonds. The smallest absolute Gasteiger partial charge is 0.408 e. The lowest BCUT2D eigenvalue weighted by molar-refractivity contribution is -0.149. The van der Waals surface area contributed by atoms with Crippen LogP contribution in [0.2, 0.25) is 0 Å². The van der Waals surface area contributed by atoms with E-state index in [-0.39, 0.29) is 11.9 Å². The highest BCUT2D eigenvalue weighted by atomic mass is 16.6.